The number of hydrogen-bond acceptors (Lipinski definition) is 5. The minimum Gasteiger partial charge on any atom is -0.369 e. The smallest absolute Gasteiger partial charge is 0.322 e. The van der Waals surface area contributed by atoms with E-state index in [1.54, 1.807) is 12.1 Å². The van der Waals surface area contributed by atoms with Gasteiger partial charge in [0.1, 0.15) is 11.9 Å². The first-order chi connectivity index (χ1) is 14.3. The fourth-order valence-corrected chi connectivity index (χ4v) is 5.21. The van der Waals surface area contributed by atoms with Crippen molar-refractivity contribution in [1.29, 1.82) is 0 Å². The van der Waals surface area contributed by atoms with Crippen LogP contribution in [0.4, 0.5) is 14.9 Å². The van der Waals surface area contributed by atoms with E-state index >= 15 is 0 Å². The Balaban J connectivity index is 1.36. The van der Waals surface area contributed by atoms with Gasteiger partial charge in [0.15, 0.2) is 0 Å². The Kier molecular flexibility index (Phi) is 5.44. The Morgan fingerprint density at radius 1 is 0.900 bits per heavy atom. The molecule has 0 radical (unpaired) electrons. The summed E-state index contributed by atoms with van der Waals surface area (Å²) in [5, 5.41) is 4.36. The number of nitrogens with one attached hydrogen (secondary N) is 2. The van der Waals surface area contributed by atoms with Crippen LogP contribution in [0, 0.1) is 5.82 Å². The van der Waals surface area contributed by atoms with Gasteiger partial charge in [0.05, 0.1) is 5.75 Å². The zero-order valence-electron chi connectivity index (χ0n) is 16.0. The second-order valence-electron chi connectivity index (χ2n) is 7.23. The molecule has 8 nitrogen and oxygen atoms in total. The normalized spacial score (nSPS) is 20.2. The number of benzene rings is 2. The number of anilines is 1. The zero-order valence-corrected chi connectivity index (χ0v) is 16.9. The van der Waals surface area contributed by atoms with Gasteiger partial charge in [0, 0.05) is 31.9 Å². The first kappa shape index (κ1) is 20.3. The van der Waals surface area contributed by atoms with Crippen molar-refractivity contribution in [3.8, 4) is 11.1 Å². The van der Waals surface area contributed by atoms with Crippen LogP contribution in [0.15, 0.2) is 48.5 Å². The molecule has 0 aliphatic carbocycles. The van der Waals surface area contributed by atoms with Crippen LogP contribution >= 0.6 is 0 Å². The maximum atomic E-state index is 13.1. The number of urea groups is 1. The maximum absolute atomic E-state index is 13.1. The molecule has 158 valence electrons. The second kappa shape index (κ2) is 8.04. The lowest BCUT2D eigenvalue weighted by Crippen LogP contribution is -2.51. The number of hydrogen-bond donors (Lipinski definition) is 2. The van der Waals surface area contributed by atoms with E-state index in [0.29, 0.717) is 26.2 Å². The van der Waals surface area contributed by atoms with Gasteiger partial charge in [0.2, 0.25) is 10.0 Å². The van der Waals surface area contributed by atoms with Crippen LogP contribution in [0.25, 0.3) is 11.1 Å². The van der Waals surface area contributed by atoms with Gasteiger partial charge in [-0.25, -0.2) is 17.6 Å². The Bertz CT molecular complexity index is 1050. The molecule has 0 unspecified atom stereocenters. The van der Waals surface area contributed by atoms with Gasteiger partial charge in [-0.2, -0.15) is 4.31 Å². The molecule has 2 aliphatic heterocycles. The van der Waals surface area contributed by atoms with Gasteiger partial charge < -0.3 is 10.2 Å². The average molecular weight is 432 g/mol. The van der Waals surface area contributed by atoms with Crippen LogP contribution in [0.1, 0.15) is 0 Å². The number of nitrogens with zero attached hydrogens (tertiary/aromatic N) is 2. The van der Waals surface area contributed by atoms with Gasteiger partial charge in [-0.3, -0.25) is 10.1 Å². The molecule has 2 aromatic rings. The number of halogens is 1. The summed E-state index contributed by atoms with van der Waals surface area (Å²) in [7, 11) is -3.67. The minimum absolute atomic E-state index is 0.279. The van der Waals surface area contributed by atoms with E-state index in [0.717, 1.165) is 16.8 Å². The lowest BCUT2D eigenvalue weighted by Gasteiger charge is -2.35. The number of carbonyl (C=O) groups is 2. The van der Waals surface area contributed by atoms with E-state index < -0.39 is 33.8 Å². The number of rotatable bonds is 5. The number of amides is 3. The summed E-state index contributed by atoms with van der Waals surface area (Å²) in [6, 6.07) is 12.4. The third-order valence-corrected chi connectivity index (χ3v) is 7.18. The number of piperazine rings is 1. The molecule has 2 N–H and O–H groups in total. The largest absolute Gasteiger partial charge is 0.369 e. The fourth-order valence-electron chi connectivity index (χ4n) is 3.62. The quantitative estimate of drug-likeness (QED) is 0.691. The van der Waals surface area contributed by atoms with E-state index in [2.05, 4.69) is 10.2 Å². The second-order valence-corrected chi connectivity index (χ2v) is 9.25. The Morgan fingerprint density at radius 3 is 2.00 bits per heavy atom. The lowest BCUT2D eigenvalue weighted by molar-refractivity contribution is -0.119. The van der Waals surface area contributed by atoms with Crippen LogP contribution in [0.2, 0.25) is 0 Å². The van der Waals surface area contributed by atoms with Crippen molar-refractivity contribution in [2.45, 2.75) is 6.04 Å². The molecule has 3 amide bonds. The molecule has 10 heteroatoms. The summed E-state index contributed by atoms with van der Waals surface area (Å²) in [6.45, 7) is 1.62. The summed E-state index contributed by atoms with van der Waals surface area (Å²) in [4.78, 5) is 24.9. The maximum Gasteiger partial charge on any atom is 0.322 e. The summed E-state index contributed by atoms with van der Waals surface area (Å²) in [6.07, 6.45) is 0. The molecule has 1 atom stereocenters. The van der Waals surface area contributed by atoms with Crippen molar-refractivity contribution in [2.75, 3.05) is 36.8 Å². The minimum atomic E-state index is -3.67. The molecule has 4 rings (SSSR count). The predicted octanol–water partition coefficient (Wildman–Crippen LogP) is 1.15. The molecule has 30 heavy (non-hydrogen) atoms. The molecule has 2 heterocycles. The third-order valence-electron chi connectivity index (χ3n) is 5.28. The summed E-state index contributed by atoms with van der Waals surface area (Å²) in [5.74, 6) is -1.35. The van der Waals surface area contributed by atoms with Crippen molar-refractivity contribution >= 4 is 27.6 Å². The fraction of sp³-hybridized carbons (Fsp3) is 0.300. The molecule has 2 aliphatic rings. The van der Waals surface area contributed by atoms with E-state index in [1.165, 1.54) is 16.4 Å². The summed E-state index contributed by atoms with van der Waals surface area (Å²) in [5.41, 5.74) is 2.86. The summed E-state index contributed by atoms with van der Waals surface area (Å²) >= 11 is 0. The van der Waals surface area contributed by atoms with E-state index in [9.17, 15) is 22.4 Å². The van der Waals surface area contributed by atoms with E-state index in [4.69, 9.17) is 0 Å². The molecule has 2 aromatic carbocycles. The highest BCUT2D eigenvalue weighted by molar-refractivity contribution is 7.89. The van der Waals surface area contributed by atoms with Crippen LogP contribution < -0.4 is 15.5 Å². The van der Waals surface area contributed by atoms with Gasteiger partial charge in [-0.05, 0) is 35.4 Å². The SMILES string of the molecule is O=C1NC(=O)[C@@H](CS(=O)(=O)N2CCN(c3ccc(-c4ccc(F)cc4)cc3)CC2)N1. The molecule has 0 saturated carbocycles. The van der Waals surface area contributed by atoms with Crippen LogP contribution in [0.5, 0.6) is 0 Å². The van der Waals surface area contributed by atoms with E-state index in [-0.39, 0.29) is 5.82 Å². The number of imide groups is 1. The van der Waals surface area contributed by atoms with Crippen molar-refractivity contribution < 1.29 is 22.4 Å². The third kappa shape index (κ3) is 4.29. The molecule has 2 fully saturated rings. The van der Waals surface area contributed by atoms with Gasteiger partial charge in [0.25, 0.3) is 5.91 Å². The highest BCUT2D eigenvalue weighted by Gasteiger charge is 2.36. The first-order valence-electron chi connectivity index (χ1n) is 9.52. The van der Waals surface area contributed by atoms with Crippen molar-refractivity contribution in [1.82, 2.24) is 14.9 Å². The van der Waals surface area contributed by atoms with E-state index in [1.807, 2.05) is 29.6 Å². The molecule has 0 spiro atoms. The highest BCUT2D eigenvalue weighted by Crippen LogP contribution is 2.24. The molecule has 0 aromatic heterocycles. The number of sulfonamides is 1. The van der Waals surface area contributed by atoms with Gasteiger partial charge in [-0.15, -0.1) is 0 Å². The monoisotopic (exact) mass is 432 g/mol. The zero-order chi connectivity index (χ0) is 21.3. The molecular formula is C20H21FN4O4S. The average Bonchev–Trinajstić information content (AvgIpc) is 3.05. The lowest BCUT2D eigenvalue weighted by atomic mass is 10.1. The molecular weight excluding hydrogens is 411 g/mol. The van der Waals surface area contributed by atoms with Crippen LogP contribution in [-0.4, -0.2) is 62.6 Å². The Hall–Kier alpha value is -2.98. The van der Waals surface area contributed by atoms with Gasteiger partial charge >= 0.3 is 6.03 Å². The van der Waals surface area contributed by atoms with Gasteiger partial charge in [-0.1, -0.05) is 24.3 Å². The summed E-state index contributed by atoms with van der Waals surface area (Å²) < 4.78 is 39.7. The first-order valence-corrected chi connectivity index (χ1v) is 11.1. The molecule has 0 bridgehead atoms. The predicted molar refractivity (Wildman–Crippen MR) is 110 cm³/mol. The Morgan fingerprint density at radius 2 is 1.47 bits per heavy atom. The van der Waals surface area contributed by atoms with Crippen molar-refractivity contribution in [2.24, 2.45) is 0 Å². The van der Waals surface area contributed by atoms with Crippen LogP contribution in [-0.2, 0) is 14.8 Å². The standard InChI is InChI=1S/C20H21FN4O4S/c21-16-5-1-14(2-6-16)15-3-7-17(8-4-15)24-9-11-25(12-10-24)30(28,29)13-18-19(26)23-20(27)22-18/h1-8,18H,9-13H2,(H2,22,23,26,27)/t18-/m1/s1. The number of carbonyl (C=O) groups excluding carboxylic acids is 2. The Labute approximate surface area is 173 Å². The van der Waals surface area contributed by atoms with Crippen molar-refractivity contribution in [3.63, 3.8) is 0 Å². The topological polar surface area (TPSA) is 98.8 Å². The van der Waals surface area contributed by atoms with Crippen LogP contribution in [0.3, 0.4) is 0 Å². The highest BCUT2D eigenvalue weighted by atomic mass is 32.2. The van der Waals surface area contributed by atoms with Crippen molar-refractivity contribution in [3.05, 3.63) is 54.3 Å². The molecule has 2 saturated heterocycles.